The van der Waals surface area contributed by atoms with Crippen LogP contribution in [-0.4, -0.2) is 54.6 Å². The lowest BCUT2D eigenvalue weighted by Gasteiger charge is -2.26. The molecule has 1 aromatic carbocycles. The van der Waals surface area contributed by atoms with Gasteiger partial charge in [0.05, 0.1) is 23.8 Å². The molecule has 104 valence electrons. The van der Waals surface area contributed by atoms with Crippen LogP contribution in [0.15, 0.2) is 23.1 Å². The van der Waals surface area contributed by atoms with Crippen LogP contribution >= 0.6 is 23.4 Å². The Morgan fingerprint density at radius 1 is 1.42 bits per heavy atom. The molecule has 0 amide bonds. The highest BCUT2D eigenvalue weighted by Crippen LogP contribution is 2.24. The van der Waals surface area contributed by atoms with Gasteiger partial charge in [0.25, 0.3) is 0 Å². The molecule has 1 fully saturated rings. The molecule has 1 aliphatic rings. The van der Waals surface area contributed by atoms with Gasteiger partial charge in [0.1, 0.15) is 0 Å². The summed E-state index contributed by atoms with van der Waals surface area (Å²) in [6, 6.07) is 5.13. The molecule has 19 heavy (non-hydrogen) atoms. The molecule has 0 atom stereocenters. The number of carboxylic acid groups (broad SMARTS) is 1. The zero-order valence-electron chi connectivity index (χ0n) is 10.5. The van der Waals surface area contributed by atoms with Crippen LogP contribution in [0.2, 0.25) is 5.02 Å². The summed E-state index contributed by atoms with van der Waals surface area (Å²) in [5.41, 5.74) is 0.165. The van der Waals surface area contributed by atoms with E-state index in [2.05, 4.69) is 4.90 Å². The van der Waals surface area contributed by atoms with Crippen LogP contribution in [0.5, 0.6) is 0 Å². The average Bonchev–Trinajstić information content (AvgIpc) is 2.41. The molecule has 1 aliphatic heterocycles. The molecule has 0 spiro atoms. The van der Waals surface area contributed by atoms with Gasteiger partial charge in [0, 0.05) is 30.3 Å². The van der Waals surface area contributed by atoms with E-state index in [1.54, 1.807) is 23.9 Å². The number of carboxylic acids is 1. The summed E-state index contributed by atoms with van der Waals surface area (Å²) in [6.45, 7) is 4.53. The minimum absolute atomic E-state index is 0.165. The summed E-state index contributed by atoms with van der Waals surface area (Å²) in [5.74, 6) is -0.0543. The third kappa shape index (κ3) is 4.38. The molecule has 1 heterocycles. The Morgan fingerprint density at radius 2 is 2.16 bits per heavy atom. The van der Waals surface area contributed by atoms with E-state index in [0.717, 1.165) is 43.5 Å². The van der Waals surface area contributed by atoms with Gasteiger partial charge in [0.15, 0.2) is 0 Å². The van der Waals surface area contributed by atoms with Crippen molar-refractivity contribution in [2.45, 2.75) is 4.90 Å². The Balaban J connectivity index is 1.85. The third-order valence-corrected chi connectivity index (χ3v) is 4.25. The van der Waals surface area contributed by atoms with E-state index in [1.807, 2.05) is 6.07 Å². The summed E-state index contributed by atoms with van der Waals surface area (Å²) < 4.78 is 5.29. The first-order valence-corrected chi connectivity index (χ1v) is 7.49. The number of aromatic carboxylic acids is 1. The monoisotopic (exact) mass is 301 g/mol. The topological polar surface area (TPSA) is 49.8 Å². The van der Waals surface area contributed by atoms with Gasteiger partial charge in [-0.15, -0.1) is 11.8 Å². The van der Waals surface area contributed by atoms with Gasteiger partial charge in [-0.1, -0.05) is 11.6 Å². The van der Waals surface area contributed by atoms with E-state index >= 15 is 0 Å². The third-order valence-electron chi connectivity index (χ3n) is 2.95. The maximum atomic E-state index is 11.0. The number of benzene rings is 1. The van der Waals surface area contributed by atoms with Gasteiger partial charge >= 0.3 is 5.97 Å². The van der Waals surface area contributed by atoms with Crippen LogP contribution in [0.1, 0.15) is 10.4 Å². The summed E-state index contributed by atoms with van der Waals surface area (Å²) >= 11 is 7.48. The standard InChI is InChI=1S/C13H16ClNO3S/c14-12-2-1-10(9-11(12)13(16)17)19-8-5-15-3-6-18-7-4-15/h1-2,9H,3-8H2,(H,16,17). The molecule has 6 heteroatoms. The predicted octanol–water partition coefficient (Wildman–Crippen LogP) is 2.46. The molecular formula is C13H16ClNO3S. The molecule has 0 saturated carbocycles. The highest BCUT2D eigenvalue weighted by atomic mass is 35.5. The van der Waals surface area contributed by atoms with Crippen molar-refractivity contribution in [3.8, 4) is 0 Å². The lowest BCUT2D eigenvalue weighted by molar-refractivity contribution is 0.0410. The second kappa shape index (κ2) is 7.14. The van der Waals surface area contributed by atoms with Crippen LogP contribution in [0.4, 0.5) is 0 Å². The molecule has 0 aromatic heterocycles. The Morgan fingerprint density at radius 3 is 2.84 bits per heavy atom. The molecule has 0 radical (unpaired) electrons. The minimum atomic E-state index is -0.986. The van der Waals surface area contributed by atoms with Crippen molar-refractivity contribution in [1.82, 2.24) is 4.90 Å². The summed E-state index contributed by atoms with van der Waals surface area (Å²) in [7, 11) is 0. The van der Waals surface area contributed by atoms with E-state index in [9.17, 15) is 4.79 Å². The van der Waals surface area contributed by atoms with E-state index in [0.29, 0.717) is 0 Å². The zero-order valence-corrected chi connectivity index (χ0v) is 12.0. The first-order chi connectivity index (χ1) is 9.16. The van der Waals surface area contributed by atoms with Crippen molar-refractivity contribution < 1.29 is 14.6 Å². The van der Waals surface area contributed by atoms with E-state index < -0.39 is 5.97 Å². The molecule has 1 N–H and O–H groups in total. The van der Waals surface area contributed by atoms with E-state index in [-0.39, 0.29) is 10.6 Å². The highest BCUT2D eigenvalue weighted by Gasteiger charge is 2.11. The number of nitrogens with zero attached hydrogens (tertiary/aromatic N) is 1. The largest absolute Gasteiger partial charge is 0.478 e. The van der Waals surface area contributed by atoms with Crippen LogP contribution < -0.4 is 0 Å². The number of hydrogen-bond acceptors (Lipinski definition) is 4. The Kier molecular flexibility index (Phi) is 5.51. The van der Waals surface area contributed by atoms with Crippen molar-refractivity contribution >= 4 is 29.3 Å². The number of ether oxygens (including phenoxy) is 1. The van der Waals surface area contributed by atoms with Crippen molar-refractivity contribution in [2.24, 2.45) is 0 Å². The van der Waals surface area contributed by atoms with Crippen molar-refractivity contribution in [3.05, 3.63) is 28.8 Å². The Labute approximate surface area is 121 Å². The number of rotatable bonds is 5. The van der Waals surface area contributed by atoms with Crippen LogP contribution in [0, 0.1) is 0 Å². The maximum absolute atomic E-state index is 11.0. The first-order valence-electron chi connectivity index (χ1n) is 6.12. The lowest BCUT2D eigenvalue weighted by Crippen LogP contribution is -2.37. The summed E-state index contributed by atoms with van der Waals surface area (Å²) in [5, 5.41) is 9.29. The molecular weight excluding hydrogens is 286 g/mol. The number of hydrogen-bond donors (Lipinski definition) is 1. The van der Waals surface area contributed by atoms with Gasteiger partial charge in [0.2, 0.25) is 0 Å². The Bertz CT molecular complexity index is 450. The van der Waals surface area contributed by atoms with E-state index in [4.69, 9.17) is 21.4 Å². The fourth-order valence-corrected chi connectivity index (χ4v) is 3.02. The number of thioether (sulfide) groups is 1. The minimum Gasteiger partial charge on any atom is -0.478 e. The SMILES string of the molecule is O=C(O)c1cc(SCCN2CCOCC2)ccc1Cl. The van der Waals surface area contributed by atoms with E-state index in [1.165, 1.54) is 0 Å². The lowest BCUT2D eigenvalue weighted by atomic mass is 10.2. The maximum Gasteiger partial charge on any atom is 0.337 e. The molecule has 0 aliphatic carbocycles. The number of halogens is 1. The second-order valence-electron chi connectivity index (χ2n) is 4.25. The second-order valence-corrected chi connectivity index (χ2v) is 5.82. The molecule has 2 rings (SSSR count). The first kappa shape index (κ1) is 14.7. The smallest absolute Gasteiger partial charge is 0.337 e. The Hall–Kier alpha value is -0.750. The van der Waals surface area contributed by atoms with Crippen LogP contribution in [-0.2, 0) is 4.74 Å². The number of morpholine rings is 1. The van der Waals surface area contributed by atoms with Crippen molar-refractivity contribution in [3.63, 3.8) is 0 Å². The van der Waals surface area contributed by atoms with Gasteiger partial charge in [-0.3, -0.25) is 4.90 Å². The van der Waals surface area contributed by atoms with Crippen molar-refractivity contribution in [2.75, 3.05) is 38.6 Å². The normalized spacial score (nSPS) is 16.5. The molecule has 1 aromatic rings. The zero-order chi connectivity index (χ0) is 13.7. The molecule has 4 nitrogen and oxygen atoms in total. The van der Waals surface area contributed by atoms with Crippen LogP contribution in [0.3, 0.4) is 0 Å². The quantitative estimate of drug-likeness (QED) is 0.847. The summed E-state index contributed by atoms with van der Waals surface area (Å²) in [4.78, 5) is 14.3. The fourth-order valence-electron chi connectivity index (χ4n) is 1.88. The number of carbonyl (C=O) groups is 1. The predicted molar refractivity (Wildman–Crippen MR) is 76.4 cm³/mol. The van der Waals surface area contributed by atoms with Gasteiger partial charge in [-0.2, -0.15) is 0 Å². The van der Waals surface area contributed by atoms with Crippen LogP contribution in [0.25, 0.3) is 0 Å². The van der Waals surface area contributed by atoms with Gasteiger partial charge < -0.3 is 9.84 Å². The van der Waals surface area contributed by atoms with Gasteiger partial charge in [-0.25, -0.2) is 4.79 Å². The highest BCUT2D eigenvalue weighted by molar-refractivity contribution is 7.99. The molecule has 1 saturated heterocycles. The molecule has 0 unspecified atom stereocenters. The summed E-state index contributed by atoms with van der Waals surface area (Å²) in [6.07, 6.45) is 0. The molecule has 0 bridgehead atoms. The van der Waals surface area contributed by atoms with Gasteiger partial charge in [-0.05, 0) is 18.2 Å². The van der Waals surface area contributed by atoms with Crippen molar-refractivity contribution in [1.29, 1.82) is 0 Å². The fraction of sp³-hybridized carbons (Fsp3) is 0.462. The average molecular weight is 302 g/mol.